The van der Waals surface area contributed by atoms with Gasteiger partial charge in [0.1, 0.15) is 6.10 Å². The van der Waals surface area contributed by atoms with Crippen molar-refractivity contribution in [1.29, 1.82) is 0 Å². The summed E-state index contributed by atoms with van der Waals surface area (Å²) >= 11 is 0. The first-order valence-corrected chi connectivity index (χ1v) is 7.16. The largest absolute Gasteiger partial charge is 0.459 e. The van der Waals surface area contributed by atoms with E-state index >= 15 is 0 Å². The van der Waals surface area contributed by atoms with Gasteiger partial charge < -0.3 is 4.74 Å². The van der Waals surface area contributed by atoms with E-state index in [4.69, 9.17) is 4.74 Å². The first-order valence-electron chi connectivity index (χ1n) is 7.16. The van der Waals surface area contributed by atoms with E-state index in [2.05, 4.69) is 6.92 Å². The van der Waals surface area contributed by atoms with Gasteiger partial charge in [0, 0.05) is 6.08 Å². The second-order valence-corrected chi connectivity index (χ2v) is 5.89. The molecule has 0 radical (unpaired) electrons. The second-order valence-electron chi connectivity index (χ2n) is 5.89. The van der Waals surface area contributed by atoms with E-state index in [1.165, 1.54) is 24.8 Å². The molecule has 1 aromatic carbocycles. The maximum absolute atomic E-state index is 11.8. The van der Waals surface area contributed by atoms with Crippen LogP contribution in [0, 0.1) is 18.8 Å². The van der Waals surface area contributed by atoms with E-state index in [0.29, 0.717) is 5.92 Å². The third kappa shape index (κ3) is 2.89. The Labute approximate surface area is 114 Å². The van der Waals surface area contributed by atoms with Gasteiger partial charge in [0.15, 0.2) is 0 Å². The Bertz CT molecular complexity index is 486. The Morgan fingerprint density at radius 1 is 1.21 bits per heavy atom. The van der Waals surface area contributed by atoms with Crippen molar-refractivity contribution >= 4 is 12.0 Å². The van der Waals surface area contributed by atoms with Crippen molar-refractivity contribution in [3.05, 3.63) is 41.5 Å². The van der Waals surface area contributed by atoms with Crippen LogP contribution in [0.15, 0.2) is 30.3 Å². The molecule has 2 nitrogen and oxygen atoms in total. The molecule has 1 aromatic rings. The Hall–Kier alpha value is -1.57. The number of benzene rings is 1. The van der Waals surface area contributed by atoms with E-state index in [0.717, 1.165) is 17.9 Å². The summed E-state index contributed by atoms with van der Waals surface area (Å²) in [5.41, 5.74) is 2.26. The summed E-state index contributed by atoms with van der Waals surface area (Å²) in [4.78, 5) is 11.8. The molecular formula is C17H20O2. The molecule has 0 unspecified atom stereocenters. The van der Waals surface area contributed by atoms with Crippen LogP contribution in [0.5, 0.6) is 0 Å². The molecule has 2 aliphatic rings. The van der Waals surface area contributed by atoms with Crippen LogP contribution in [0.4, 0.5) is 0 Å². The first kappa shape index (κ1) is 12.5. The minimum Gasteiger partial charge on any atom is -0.459 e. The smallest absolute Gasteiger partial charge is 0.331 e. The summed E-state index contributed by atoms with van der Waals surface area (Å²) in [6, 6.07) is 8.11. The van der Waals surface area contributed by atoms with E-state index in [-0.39, 0.29) is 12.1 Å². The van der Waals surface area contributed by atoms with Crippen LogP contribution < -0.4 is 0 Å². The number of esters is 1. The fourth-order valence-electron chi connectivity index (χ4n) is 3.36. The second kappa shape index (κ2) is 5.20. The zero-order valence-electron chi connectivity index (χ0n) is 11.3. The molecule has 2 saturated carbocycles. The number of rotatable bonds is 3. The minimum absolute atomic E-state index is 0.175. The molecule has 2 heteroatoms. The Morgan fingerprint density at radius 3 is 2.63 bits per heavy atom. The number of carbonyl (C=O) groups is 1. The van der Waals surface area contributed by atoms with Gasteiger partial charge in [-0.1, -0.05) is 29.8 Å². The van der Waals surface area contributed by atoms with Gasteiger partial charge in [-0.25, -0.2) is 4.79 Å². The number of fused-ring (bicyclic) bond motifs is 2. The monoisotopic (exact) mass is 256 g/mol. The lowest BCUT2D eigenvalue weighted by molar-refractivity contribution is -0.145. The number of aryl methyl sites for hydroxylation is 1. The molecule has 19 heavy (non-hydrogen) atoms. The summed E-state index contributed by atoms with van der Waals surface area (Å²) in [5.74, 6) is 1.24. The standard InChI is InChI=1S/C17H20O2/c1-12-2-4-13(5-3-12)7-9-17(18)19-16-11-14-6-8-15(16)10-14/h2-5,7,9,14-16H,6,8,10-11H2,1H3/b9-7+/t14-,15+,16+/m1/s1. The van der Waals surface area contributed by atoms with Crippen LogP contribution in [0.1, 0.15) is 36.8 Å². The highest BCUT2D eigenvalue weighted by atomic mass is 16.5. The van der Waals surface area contributed by atoms with Gasteiger partial charge in [-0.15, -0.1) is 0 Å². The maximum atomic E-state index is 11.8. The molecule has 0 amide bonds. The SMILES string of the molecule is Cc1ccc(/C=C/C(=O)O[C@H]2C[C@@H]3CC[C@H]2C3)cc1. The third-order valence-corrected chi connectivity index (χ3v) is 4.43. The van der Waals surface area contributed by atoms with Crippen LogP contribution in [-0.4, -0.2) is 12.1 Å². The van der Waals surface area contributed by atoms with Crippen molar-refractivity contribution in [3.63, 3.8) is 0 Å². The van der Waals surface area contributed by atoms with Gasteiger partial charge in [0.2, 0.25) is 0 Å². The highest BCUT2D eigenvalue weighted by molar-refractivity contribution is 5.87. The molecular weight excluding hydrogens is 236 g/mol. The topological polar surface area (TPSA) is 26.3 Å². The quantitative estimate of drug-likeness (QED) is 0.608. The van der Waals surface area contributed by atoms with Crippen molar-refractivity contribution in [2.75, 3.05) is 0 Å². The fourth-order valence-corrected chi connectivity index (χ4v) is 3.36. The molecule has 0 saturated heterocycles. The lowest BCUT2D eigenvalue weighted by Gasteiger charge is -2.20. The molecule has 0 N–H and O–H groups in total. The number of ether oxygens (including phenoxy) is 1. The van der Waals surface area contributed by atoms with E-state index in [1.807, 2.05) is 30.3 Å². The lowest BCUT2D eigenvalue weighted by Crippen LogP contribution is -2.22. The van der Waals surface area contributed by atoms with E-state index in [9.17, 15) is 4.79 Å². The average molecular weight is 256 g/mol. The Morgan fingerprint density at radius 2 is 2.00 bits per heavy atom. The van der Waals surface area contributed by atoms with Crippen LogP contribution >= 0.6 is 0 Å². The van der Waals surface area contributed by atoms with E-state index < -0.39 is 0 Å². The van der Waals surface area contributed by atoms with Crippen molar-refractivity contribution in [3.8, 4) is 0 Å². The minimum atomic E-state index is -0.196. The van der Waals surface area contributed by atoms with Crippen LogP contribution in [-0.2, 0) is 9.53 Å². The highest BCUT2D eigenvalue weighted by Gasteiger charge is 2.41. The van der Waals surface area contributed by atoms with Crippen molar-refractivity contribution in [2.45, 2.75) is 38.7 Å². The molecule has 0 heterocycles. The summed E-state index contributed by atoms with van der Waals surface area (Å²) in [6.07, 6.45) is 8.47. The van der Waals surface area contributed by atoms with Crippen LogP contribution in [0.2, 0.25) is 0 Å². The molecule has 3 rings (SSSR count). The molecule has 2 fully saturated rings. The van der Waals surface area contributed by atoms with Crippen molar-refractivity contribution in [1.82, 2.24) is 0 Å². The summed E-state index contributed by atoms with van der Waals surface area (Å²) in [7, 11) is 0. The molecule has 2 aliphatic carbocycles. The average Bonchev–Trinajstić information content (AvgIpc) is 3.00. The molecule has 0 aliphatic heterocycles. The van der Waals surface area contributed by atoms with Gasteiger partial charge in [0.05, 0.1) is 0 Å². The zero-order valence-corrected chi connectivity index (χ0v) is 11.3. The third-order valence-electron chi connectivity index (χ3n) is 4.43. The predicted molar refractivity (Wildman–Crippen MR) is 75.5 cm³/mol. The van der Waals surface area contributed by atoms with Gasteiger partial charge >= 0.3 is 5.97 Å². The summed E-state index contributed by atoms with van der Waals surface area (Å²) in [6.45, 7) is 2.05. The Kier molecular flexibility index (Phi) is 3.41. The summed E-state index contributed by atoms with van der Waals surface area (Å²) < 4.78 is 5.56. The summed E-state index contributed by atoms with van der Waals surface area (Å²) in [5, 5.41) is 0. The predicted octanol–water partition coefficient (Wildman–Crippen LogP) is 3.74. The molecule has 3 atom stereocenters. The van der Waals surface area contributed by atoms with Crippen LogP contribution in [0.25, 0.3) is 6.08 Å². The molecule has 0 spiro atoms. The van der Waals surface area contributed by atoms with Gasteiger partial charge in [-0.3, -0.25) is 0 Å². The molecule has 2 bridgehead atoms. The van der Waals surface area contributed by atoms with Gasteiger partial charge in [-0.05, 0) is 56.1 Å². The Balaban J connectivity index is 1.55. The van der Waals surface area contributed by atoms with Crippen molar-refractivity contribution in [2.24, 2.45) is 11.8 Å². The zero-order chi connectivity index (χ0) is 13.2. The fraction of sp³-hybridized carbons (Fsp3) is 0.471. The number of hydrogen-bond acceptors (Lipinski definition) is 2. The first-order chi connectivity index (χ1) is 9.20. The normalized spacial score (nSPS) is 29.0. The highest BCUT2D eigenvalue weighted by Crippen LogP contribution is 2.45. The van der Waals surface area contributed by atoms with Gasteiger partial charge in [-0.2, -0.15) is 0 Å². The van der Waals surface area contributed by atoms with Gasteiger partial charge in [0.25, 0.3) is 0 Å². The molecule has 0 aromatic heterocycles. The number of carbonyl (C=O) groups excluding carboxylic acids is 1. The van der Waals surface area contributed by atoms with E-state index in [1.54, 1.807) is 6.08 Å². The molecule has 100 valence electrons. The lowest BCUT2D eigenvalue weighted by atomic mass is 9.98. The van der Waals surface area contributed by atoms with Crippen LogP contribution in [0.3, 0.4) is 0 Å². The number of hydrogen-bond donors (Lipinski definition) is 0. The maximum Gasteiger partial charge on any atom is 0.331 e. The van der Waals surface area contributed by atoms with Crippen molar-refractivity contribution < 1.29 is 9.53 Å².